The predicted molar refractivity (Wildman–Crippen MR) is 83.7 cm³/mol. The molecule has 114 valence electrons. The van der Waals surface area contributed by atoms with Gasteiger partial charge >= 0.3 is 0 Å². The number of carbonyl (C=O) groups is 1. The minimum Gasteiger partial charge on any atom is -0.390 e. The van der Waals surface area contributed by atoms with Gasteiger partial charge in [0.05, 0.1) is 17.1 Å². The fraction of sp³-hybridized carbons (Fsp3) is 0.250. The number of carbonyl (C=O) groups excluding carboxylic acids is 1. The van der Waals surface area contributed by atoms with Crippen LogP contribution in [0.25, 0.3) is 0 Å². The number of benzene rings is 1. The van der Waals surface area contributed by atoms with Crippen molar-refractivity contribution >= 4 is 23.0 Å². The van der Waals surface area contributed by atoms with E-state index in [1.165, 1.54) is 23.5 Å². The second kappa shape index (κ2) is 6.27. The summed E-state index contributed by atoms with van der Waals surface area (Å²) in [4.78, 5) is 19.9. The summed E-state index contributed by atoms with van der Waals surface area (Å²) in [5.41, 5.74) is 1.62. The monoisotopic (exact) mass is 318 g/mol. The van der Waals surface area contributed by atoms with E-state index in [1.807, 2.05) is 11.4 Å². The van der Waals surface area contributed by atoms with E-state index in [-0.39, 0.29) is 17.8 Å². The van der Waals surface area contributed by atoms with Crippen molar-refractivity contribution in [1.29, 1.82) is 0 Å². The fourth-order valence-electron chi connectivity index (χ4n) is 2.32. The Morgan fingerprint density at radius 1 is 1.41 bits per heavy atom. The Labute approximate surface area is 131 Å². The Hall–Kier alpha value is -2.21. The van der Waals surface area contributed by atoms with Gasteiger partial charge in [-0.05, 0) is 29.1 Å². The average Bonchev–Trinajstić information content (AvgIpc) is 3.18. The smallest absolute Gasteiger partial charge is 0.263 e. The van der Waals surface area contributed by atoms with Gasteiger partial charge in [-0.25, -0.2) is 4.39 Å². The minimum absolute atomic E-state index is 0.0196. The lowest BCUT2D eigenvalue weighted by Crippen LogP contribution is -2.34. The molecule has 22 heavy (non-hydrogen) atoms. The molecule has 0 saturated heterocycles. The van der Waals surface area contributed by atoms with E-state index in [0.717, 1.165) is 11.3 Å². The lowest BCUT2D eigenvalue weighted by atomic mass is 10.0. The maximum Gasteiger partial charge on any atom is 0.263 e. The van der Waals surface area contributed by atoms with Gasteiger partial charge < -0.3 is 9.74 Å². The second-order valence-electron chi connectivity index (χ2n) is 5.14. The summed E-state index contributed by atoms with van der Waals surface area (Å²) in [6.07, 6.45) is 0.433. The summed E-state index contributed by atoms with van der Waals surface area (Å²) in [5, 5.41) is 5.93. The Kier molecular flexibility index (Phi) is 4.20. The largest absolute Gasteiger partial charge is 0.390 e. The maximum absolute atomic E-state index is 12.9. The van der Waals surface area contributed by atoms with E-state index in [2.05, 4.69) is 5.16 Å². The highest BCUT2D eigenvalue weighted by atomic mass is 32.1. The lowest BCUT2D eigenvalue weighted by molar-refractivity contribution is 0.0485. The van der Waals surface area contributed by atoms with Crippen LogP contribution in [-0.2, 0) is 4.84 Å². The summed E-state index contributed by atoms with van der Waals surface area (Å²) in [6.45, 7) is 0.463. The van der Waals surface area contributed by atoms with E-state index >= 15 is 0 Å². The molecule has 3 rings (SSSR count). The third-order valence-electron chi connectivity index (χ3n) is 3.47. The summed E-state index contributed by atoms with van der Waals surface area (Å²) < 4.78 is 12.9. The highest BCUT2D eigenvalue weighted by molar-refractivity contribution is 7.12. The molecule has 1 aromatic heterocycles. The number of hydrogen-bond acceptors (Lipinski definition) is 4. The van der Waals surface area contributed by atoms with Crippen LogP contribution in [0.15, 0.2) is 46.9 Å². The molecule has 6 heteroatoms. The number of thiophene rings is 1. The van der Waals surface area contributed by atoms with Crippen LogP contribution in [0.1, 0.15) is 21.7 Å². The SMILES string of the molecule is CN(C[C@H]1CC(c2ccc(F)cc2)=NO1)C(=O)c1cccs1. The molecule has 0 fully saturated rings. The molecule has 1 aliphatic heterocycles. The van der Waals surface area contributed by atoms with Crippen molar-refractivity contribution in [2.75, 3.05) is 13.6 Å². The summed E-state index contributed by atoms with van der Waals surface area (Å²) >= 11 is 1.42. The van der Waals surface area contributed by atoms with Crippen LogP contribution >= 0.6 is 11.3 Å². The van der Waals surface area contributed by atoms with Gasteiger partial charge in [0, 0.05) is 13.5 Å². The third kappa shape index (κ3) is 3.17. The molecule has 0 bridgehead atoms. The quantitative estimate of drug-likeness (QED) is 0.869. The van der Waals surface area contributed by atoms with Crippen LogP contribution in [-0.4, -0.2) is 36.2 Å². The Balaban J connectivity index is 1.58. The van der Waals surface area contributed by atoms with Crippen LogP contribution in [0, 0.1) is 5.82 Å². The number of likely N-dealkylation sites (N-methyl/N-ethyl adjacent to an activating group) is 1. The van der Waals surface area contributed by atoms with E-state index in [1.54, 1.807) is 30.1 Å². The summed E-state index contributed by atoms with van der Waals surface area (Å²) in [6, 6.07) is 9.82. The van der Waals surface area contributed by atoms with Crippen LogP contribution < -0.4 is 0 Å². The van der Waals surface area contributed by atoms with E-state index in [4.69, 9.17) is 4.84 Å². The van der Waals surface area contributed by atoms with Crippen molar-refractivity contribution in [1.82, 2.24) is 4.90 Å². The Morgan fingerprint density at radius 2 is 2.18 bits per heavy atom. The number of oxime groups is 1. The molecule has 1 aromatic carbocycles. The first-order valence-corrected chi connectivity index (χ1v) is 7.79. The molecule has 1 aliphatic rings. The molecule has 0 saturated carbocycles. The summed E-state index contributed by atoms with van der Waals surface area (Å²) in [5.74, 6) is -0.296. The first kappa shape index (κ1) is 14.7. The zero-order valence-corrected chi connectivity index (χ0v) is 12.8. The highest BCUT2D eigenvalue weighted by Crippen LogP contribution is 2.19. The first-order chi connectivity index (χ1) is 10.6. The second-order valence-corrected chi connectivity index (χ2v) is 6.09. The number of nitrogens with zero attached hydrogens (tertiary/aromatic N) is 2. The lowest BCUT2D eigenvalue weighted by Gasteiger charge is -2.19. The van der Waals surface area contributed by atoms with Gasteiger partial charge in [-0.2, -0.15) is 0 Å². The van der Waals surface area contributed by atoms with Crippen LogP contribution in [0.4, 0.5) is 4.39 Å². The molecular weight excluding hydrogens is 303 g/mol. The molecule has 2 aromatic rings. The van der Waals surface area contributed by atoms with E-state index in [0.29, 0.717) is 17.8 Å². The Morgan fingerprint density at radius 3 is 2.86 bits per heavy atom. The van der Waals surface area contributed by atoms with Crippen LogP contribution in [0.2, 0.25) is 0 Å². The maximum atomic E-state index is 12.9. The van der Waals surface area contributed by atoms with Gasteiger partial charge in [-0.1, -0.05) is 23.4 Å². The number of rotatable bonds is 4. The highest BCUT2D eigenvalue weighted by Gasteiger charge is 2.25. The van der Waals surface area contributed by atoms with Crippen molar-refractivity contribution in [2.45, 2.75) is 12.5 Å². The normalized spacial score (nSPS) is 17.0. The minimum atomic E-state index is -0.277. The zero-order valence-electron chi connectivity index (χ0n) is 12.0. The molecule has 2 heterocycles. The predicted octanol–water partition coefficient (Wildman–Crippen LogP) is 3.15. The first-order valence-electron chi connectivity index (χ1n) is 6.91. The molecule has 0 radical (unpaired) electrons. The van der Waals surface area contributed by atoms with Crippen LogP contribution in [0.5, 0.6) is 0 Å². The molecule has 0 N–H and O–H groups in total. The van der Waals surface area contributed by atoms with Crippen LogP contribution in [0.3, 0.4) is 0 Å². The van der Waals surface area contributed by atoms with Gasteiger partial charge in [0.1, 0.15) is 5.82 Å². The standard InChI is InChI=1S/C16H15FN2O2S/c1-19(16(20)15-3-2-8-22-15)10-13-9-14(18-21-13)11-4-6-12(17)7-5-11/h2-8,13H,9-10H2,1H3/t13-/m1/s1. The van der Waals surface area contributed by atoms with Crippen molar-refractivity contribution in [3.63, 3.8) is 0 Å². The number of amides is 1. The molecule has 0 spiro atoms. The van der Waals surface area contributed by atoms with Crippen molar-refractivity contribution < 1.29 is 14.0 Å². The fourth-order valence-corrected chi connectivity index (χ4v) is 3.03. The van der Waals surface area contributed by atoms with Gasteiger partial charge in [-0.3, -0.25) is 4.79 Å². The van der Waals surface area contributed by atoms with Gasteiger partial charge in [0.2, 0.25) is 0 Å². The topological polar surface area (TPSA) is 41.9 Å². The molecular formula is C16H15FN2O2S. The molecule has 1 atom stereocenters. The van der Waals surface area contributed by atoms with E-state index < -0.39 is 0 Å². The average molecular weight is 318 g/mol. The number of halogens is 1. The van der Waals surface area contributed by atoms with Gasteiger partial charge in [0.15, 0.2) is 6.10 Å². The van der Waals surface area contributed by atoms with Crippen molar-refractivity contribution in [2.24, 2.45) is 5.16 Å². The molecule has 4 nitrogen and oxygen atoms in total. The molecule has 0 aliphatic carbocycles. The Bertz CT molecular complexity index is 683. The zero-order chi connectivity index (χ0) is 15.5. The number of hydrogen-bond donors (Lipinski definition) is 0. The summed E-state index contributed by atoms with van der Waals surface area (Å²) in [7, 11) is 1.75. The van der Waals surface area contributed by atoms with E-state index in [9.17, 15) is 9.18 Å². The van der Waals surface area contributed by atoms with Gasteiger partial charge in [-0.15, -0.1) is 11.3 Å². The van der Waals surface area contributed by atoms with Crippen molar-refractivity contribution in [3.8, 4) is 0 Å². The van der Waals surface area contributed by atoms with Gasteiger partial charge in [0.25, 0.3) is 5.91 Å². The molecule has 1 amide bonds. The molecule has 0 unspecified atom stereocenters. The third-order valence-corrected chi connectivity index (χ3v) is 4.32. The van der Waals surface area contributed by atoms with Crippen molar-refractivity contribution in [3.05, 3.63) is 58.0 Å².